The molecule has 0 unspecified atom stereocenters. The van der Waals surface area contributed by atoms with Crippen molar-refractivity contribution in [2.75, 3.05) is 13.7 Å². The van der Waals surface area contributed by atoms with Crippen molar-refractivity contribution in [3.63, 3.8) is 0 Å². The first kappa shape index (κ1) is 18.0. The Labute approximate surface area is 157 Å². The lowest BCUT2D eigenvalue weighted by molar-refractivity contribution is 0.0955. The van der Waals surface area contributed by atoms with Gasteiger partial charge in [-0.2, -0.15) is 5.10 Å². The third-order valence-corrected chi connectivity index (χ3v) is 3.93. The number of fused-ring (bicyclic) bond motifs is 1. The first-order valence-corrected chi connectivity index (χ1v) is 8.28. The number of carbonyl (C=O) groups excluding carboxylic acids is 1. The summed E-state index contributed by atoms with van der Waals surface area (Å²) in [7, 11) is 1.55. The van der Waals surface area contributed by atoms with Crippen molar-refractivity contribution in [3.05, 3.63) is 71.8 Å². The molecule has 27 heavy (non-hydrogen) atoms. The number of ether oxygens (including phenoxy) is 2. The van der Waals surface area contributed by atoms with Crippen LogP contribution in [0.4, 0.5) is 0 Å². The molecule has 0 fully saturated rings. The molecule has 0 saturated heterocycles. The van der Waals surface area contributed by atoms with Crippen molar-refractivity contribution in [1.82, 2.24) is 5.43 Å². The molecule has 0 spiro atoms. The molecule has 5 heteroatoms. The fraction of sp³-hybridized carbons (Fsp3) is 0.0909. The van der Waals surface area contributed by atoms with Gasteiger partial charge < -0.3 is 9.47 Å². The second kappa shape index (κ2) is 8.54. The molecule has 0 aromatic heterocycles. The molecular weight excluding hydrogens is 340 g/mol. The summed E-state index contributed by atoms with van der Waals surface area (Å²) in [6.07, 6.45) is 6.85. The van der Waals surface area contributed by atoms with E-state index < -0.39 is 0 Å². The molecule has 0 heterocycles. The number of carbonyl (C=O) groups is 1. The first-order valence-electron chi connectivity index (χ1n) is 8.28. The number of nitrogens with one attached hydrogen (secondary N) is 1. The van der Waals surface area contributed by atoms with Crippen molar-refractivity contribution in [1.29, 1.82) is 0 Å². The molecular formula is C22H18N2O3. The minimum atomic E-state index is -0.337. The number of hydrogen-bond acceptors (Lipinski definition) is 4. The maximum Gasteiger partial charge on any atom is 0.271 e. The highest BCUT2D eigenvalue weighted by molar-refractivity contribution is 6.03. The lowest BCUT2D eigenvalue weighted by atomic mass is 10.0. The van der Waals surface area contributed by atoms with Gasteiger partial charge in [0.25, 0.3) is 5.91 Å². The molecule has 1 N–H and O–H groups in total. The van der Waals surface area contributed by atoms with Gasteiger partial charge in [-0.15, -0.1) is 6.42 Å². The zero-order valence-corrected chi connectivity index (χ0v) is 14.8. The molecule has 0 atom stereocenters. The molecule has 3 aromatic carbocycles. The van der Waals surface area contributed by atoms with Crippen molar-refractivity contribution in [2.24, 2.45) is 5.10 Å². The molecule has 0 bridgehead atoms. The average Bonchev–Trinajstić information content (AvgIpc) is 2.72. The van der Waals surface area contributed by atoms with Crippen LogP contribution in [0.15, 0.2) is 65.8 Å². The molecule has 1 amide bonds. The summed E-state index contributed by atoms with van der Waals surface area (Å²) in [5, 5.41) is 6.08. The molecule has 134 valence electrons. The van der Waals surface area contributed by atoms with Gasteiger partial charge in [0.1, 0.15) is 18.1 Å². The van der Waals surface area contributed by atoms with Gasteiger partial charge in [0, 0.05) is 11.1 Å². The highest BCUT2D eigenvalue weighted by Crippen LogP contribution is 2.26. The van der Waals surface area contributed by atoms with E-state index in [-0.39, 0.29) is 12.5 Å². The van der Waals surface area contributed by atoms with E-state index in [1.54, 1.807) is 37.6 Å². The van der Waals surface area contributed by atoms with Crippen LogP contribution in [0.25, 0.3) is 10.8 Å². The Balaban J connectivity index is 1.86. The summed E-state index contributed by atoms with van der Waals surface area (Å²) in [5.74, 6) is 3.32. The maximum atomic E-state index is 12.3. The topological polar surface area (TPSA) is 59.9 Å². The Bertz CT molecular complexity index is 1040. The number of nitrogens with zero attached hydrogens (tertiary/aromatic N) is 1. The molecule has 0 saturated carbocycles. The minimum absolute atomic E-state index is 0.148. The molecule has 0 aliphatic heterocycles. The standard InChI is InChI=1S/C22H18N2O3/c1-3-13-27-21-12-11-16-7-4-5-10-19(16)20(21)15-23-24-22(25)17-8-6-9-18(14-17)26-2/h1,4-12,14-15H,13H2,2H3,(H,24,25)/b23-15-. The highest BCUT2D eigenvalue weighted by Gasteiger charge is 2.08. The predicted molar refractivity (Wildman–Crippen MR) is 106 cm³/mol. The van der Waals surface area contributed by atoms with Crippen LogP contribution >= 0.6 is 0 Å². The molecule has 0 radical (unpaired) electrons. The number of benzene rings is 3. The molecule has 0 aliphatic carbocycles. The third-order valence-electron chi connectivity index (χ3n) is 3.93. The zero-order chi connectivity index (χ0) is 19.1. The van der Waals surface area contributed by atoms with Gasteiger partial charge in [0.2, 0.25) is 0 Å². The van der Waals surface area contributed by atoms with Crippen LogP contribution in [0.5, 0.6) is 11.5 Å². The molecule has 0 aliphatic rings. The Morgan fingerprint density at radius 2 is 2.04 bits per heavy atom. The second-order valence-electron chi connectivity index (χ2n) is 5.62. The SMILES string of the molecule is C#CCOc1ccc2ccccc2c1/C=N\NC(=O)c1cccc(OC)c1. The number of hydrazone groups is 1. The summed E-state index contributed by atoms with van der Waals surface area (Å²) >= 11 is 0. The van der Waals surface area contributed by atoms with Crippen molar-refractivity contribution < 1.29 is 14.3 Å². The van der Waals surface area contributed by atoms with Gasteiger partial charge in [-0.3, -0.25) is 4.79 Å². The normalized spacial score (nSPS) is 10.5. The van der Waals surface area contributed by atoms with Gasteiger partial charge in [-0.1, -0.05) is 42.3 Å². The van der Waals surface area contributed by atoms with Crippen LogP contribution < -0.4 is 14.9 Å². The minimum Gasteiger partial charge on any atom is -0.497 e. The van der Waals surface area contributed by atoms with E-state index >= 15 is 0 Å². The molecule has 3 rings (SSSR count). The molecule has 5 nitrogen and oxygen atoms in total. The highest BCUT2D eigenvalue weighted by atomic mass is 16.5. The Hall–Kier alpha value is -3.78. The van der Waals surface area contributed by atoms with E-state index in [0.717, 1.165) is 16.3 Å². The van der Waals surface area contributed by atoms with Crippen LogP contribution in [0, 0.1) is 12.3 Å². The van der Waals surface area contributed by atoms with Gasteiger partial charge in [0.05, 0.1) is 13.3 Å². The maximum absolute atomic E-state index is 12.3. The van der Waals surface area contributed by atoms with Crippen LogP contribution in [-0.2, 0) is 0 Å². The lowest BCUT2D eigenvalue weighted by Crippen LogP contribution is -2.17. The van der Waals surface area contributed by atoms with E-state index in [4.69, 9.17) is 15.9 Å². The van der Waals surface area contributed by atoms with Crippen LogP contribution in [0.1, 0.15) is 15.9 Å². The van der Waals surface area contributed by atoms with Crippen molar-refractivity contribution >= 4 is 22.9 Å². The number of rotatable bonds is 6. The van der Waals surface area contributed by atoms with E-state index in [2.05, 4.69) is 16.4 Å². The number of methoxy groups -OCH3 is 1. The number of amides is 1. The Morgan fingerprint density at radius 1 is 1.19 bits per heavy atom. The van der Waals surface area contributed by atoms with Crippen LogP contribution in [0.2, 0.25) is 0 Å². The lowest BCUT2D eigenvalue weighted by Gasteiger charge is -2.10. The van der Waals surface area contributed by atoms with E-state index in [1.807, 2.05) is 36.4 Å². The van der Waals surface area contributed by atoms with Crippen LogP contribution in [0.3, 0.4) is 0 Å². The summed E-state index contributed by atoms with van der Waals surface area (Å²) in [6, 6.07) is 18.5. The summed E-state index contributed by atoms with van der Waals surface area (Å²) in [5.41, 5.74) is 3.72. The first-order chi connectivity index (χ1) is 13.2. The smallest absolute Gasteiger partial charge is 0.271 e. The Morgan fingerprint density at radius 3 is 2.85 bits per heavy atom. The van der Waals surface area contributed by atoms with E-state index in [0.29, 0.717) is 17.1 Å². The largest absolute Gasteiger partial charge is 0.497 e. The van der Waals surface area contributed by atoms with Gasteiger partial charge in [-0.05, 0) is 35.0 Å². The van der Waals surface area contributed by atoms with E-state index in [9.17, 15) is 4.79 Å². The zero-order valence-electron chi connectivity index (χ0n) is 14.8. The van der Waals surface area contributed by atoms with Crippen molar-refractivity contribution in [2.45, 2.75) is 0 Å². The quantitative estimate of drug-likeness (QED) is 0.416. The third kappa shape index (κ3) is 4.25. The monoisotopic (exact) mass is 358 g/mol. The van der Waals surface area contributed by atoms with Gasteiger partial charge in [-0.25, -0.2) is 5.43 Å². The molecule has 3 aromatic rings. The van der Waals surface area contributed by atoms with Gasteiger partial charge >= 0.3 is 0 Å². The van der Waals surface area contributed by atoms with Crippen LogP contribution in [-0.4, -0.2) is 25.8 Å². The number of hydrogen-bond donors (Lipinski definition) is 1. The summed E-state index contributed by atoms with van der Waals surface area (Å²) in [6.45, 7) is 0.148. The predicted octanol–water partition coefficient (Wildman–Crippen LogP) is 3.62. The van der Waals surface area contributed by atoms with Gasteiger partial charge in [0.15, 0.2) is 0 Å². The second-order valence-corrected chi connectivity index (χ2v) is 5.62. The number of terminal acetylenes is 1. The van der Waals surface area contributed by atoms with Crippen molar-refractivity contribution in [3.8, 4) is 23.8 Å². The fourth-order valence-corrected chi connectivity index (χ4v) is 2.64. The summed E-state index contributed by atoms with van der Waals surface area (Å²) in [4.78, 5) is 12.3. The fourth-order valence-electron chi connectivity index (χ4n) is 2.64. The summed E-state index contributed by atoms with van der Waals surface area (Å²) < 4.78 is 10.7. The van der Waals surface area contributed by atoms with E-state index in [1.165, 1.54) is 0 Å². The Kier molecular flexibility index (Phi) is 5.70. The average molecular weight is 358 g/mol.